The van der Waals surface area contributed by atoms with Crippen LogP contribution in [0.5, 0.6) is 5.75 Å². The van der Waals surface area contributed by atoms with Crippen LogP contribution >= 0.6 is 0 Å². The highest BCUT2D eigenvalue weighted by Gasteiger charge is 2.29. The Morgan fingerprint density at radius 3 is 2.95 bits per heavy atom. The van der Waals surface area contributed by atoms with E-state index in [4.69, 9.17) is 4.74 Å². The molecule has 1 heterocycles. The van der Waals surface area contributed by atoms with Gasteiger partial charge in [0.1, 0.15) is 5.75 Å². The van der Waals surface area contributed by atoms with Gasteiger partial charge in [0.25, 0.3) is 11.8 Å². The molecule has 1 aromatic carbocycles. The van der Waals surface area contributed by atoms with Gasteiger partial charge < -0.3 is 20.5 Å². The molecule has 3 N–H and O–H groups in total. The first kappa shape index (κ1) is 12.0. The van der Waals surface area contributed by atoms with Gasteiger partial charge in [0.15, 0.2) is 6.61 Å². The van der Waals surface area contributed by atoms with Gasteiger partial charge >= 0.3 is 0 Å². The standard InChI is InChI=1S/C13H14N2O4/c16-9-4-8(5-9)14-13(18)7-1-2-11-10(3-7)15-12(17)6-19-11/h1-3,8-9,16H,4-6H2,(H,14,18)(H,15,17). The van der Waals surface area contributed by atoms with Crippen molar-refractivity contribution in [3.63, 3.8) is 0 Å². The molecule has 6 nitrogen and oxygen atoms in total. The number of hydrogen-bond donors (Lipinski definition) is 3. The highest BCUT2D eigenvalue weighted by Crippen LogP contribution is 2.28. The summed E-state index contributed by atoms with van der Waals surface area (Å²) < 4.78 is 5.22. The fraction of sp³-hybridized carbons (Fsp3) is 0.385. The number of carbonyl (C=O) groups excluding carboxylic acids is 2. The summed E-state index contributed by atoms with van der Waals surface area (Å²) in [5.74, 6) is 0.127. The Labute approximate surface area is 109 Å². The molecule has 19 heavy (non-hydrogen) atoms. The maximum absolute atomic E-state index is 12.0. The molecule has 0 aromatic heterocycles. The normalized spacial score (nSPS) is 24.6. The molecule has 1 aliphatic carbocycles. The van der Waals surface area contributed by atoms with Gasteiger partial charge in [-0.2, -0.15) is 0 Å². The molecule has 1 saturated carbocycles. The third-order valence-corrected chi connectivity index (χ3v) is 3.32. The predicted octanol–water partition coefficient (Wildman–Crippen LogP) is 0.271. The first-order valence-corrected chi connectivity index (χ1v) is 6.17. The minimum Gasteiger partial charge on any atom is -0.482 e. The van der Waals surface area contributed by atoms with Crippen LogP contribution in [0, 0.1) is 0 Å². The SMILES string of the molecule is O=C1COc2ccc(C(=O)NC3CC(O)C3)cc2N1. The molecule has 3 rings (SSSR count). The van der Waals surface area contributed by atoms with E-state index < -0.39 is 0 Å². The van der Waals surface area contributed by atoms with Gasteiger partial charge in [-0.05, 0) is 31.0 Å². The summed E-state index contributed by atoms with van der Waals surface area (Å²) in [4.78, 5) is 23.2. The summed E-state index contributed by atoms with van der Waals surface area (Å²) in [5, 5.41) is 14.7. The topological polar surface area (TPSA) is 87.7 Å². The number of hydrogen-bond acceptors (Lipinski definition) is 4. The van der Waals surface area contributed by atoms with Crippen molar-refractivity contribution in [3.8, 4) is 5.75 Å². The summed E-state index contributed by atoms with van der Waals surface area (Å²) in [7, 11) is 0. The third-order valence-electron chi connectivity index (χ3n) is 3.32. The van der Waals surface area contributed by atoms with Crippen LogP contribution < -0.4 is 15.4 Å². The van der Waals surface area contributed by atoms with Crippen molar-refractivity contribution in [1.82, 2.24) is 5.32 Å². The Morgan fingerprint density at radius 1 is 1.42 bits per heavy atom. The lowest BCUT2D eigenvalue weighted by molar-refractivity contribution is -0.118. The van der Waals surface area contributed by atoms with Gasteiger partial charge in [-0.3, -0.25) is 9.59 Å². The smallest absolute Gasteiger partial charge is 0.262 e. The minimum absolute atomic E-state index is 0.00148. The lowest BCUT2D eigenvalue weighted by Gasteiger charge is -2.32. The van der Waals surface area contributed by atoms with E-state index >= 15 is 0 Å². The van der Waals surface area contributed by atoms with Gasteiger partial charge in [0, 0.05) is 11.6 Å². The number of rotatable bonds is 2. The fourth-order valence-corrected chi connectivity index (χ4v) is 2.20. The van der Waals surface area contributed by atoms with Crippen LogP contribution in [0.1, 0.15) is 23.2 Å². The lowest BCUT2D eigenvalue weighted by Crippen LogP contribution is -2.46. The Balaban J connectivity index is 1.72. The van der Waals surface area contributed by atoms with Crippen molar-refractivity contribution < 1.29 is 19.4 Å². The highest BCUT2D eigenvalue weighted by molar-refractivity contribution is 5.99. The molecule has 1 aromatic rings. The highest BCUT2D eigenvalue weighted by atomic mass is 16.5. The average molecular weight is 262 g/mol. The number of aliphatic hydroxyl groups excluding tert-OH is 1. The molecule has 2 aliphatic rings. The molecule has 0 spiro atoms. The van der Waals surface area contributed by atoms with Gasteiger partial charge in [-0.15, -0.1) is 0 Å². The molecular weight excluding hydrogens is 248 g/mol. The first-order chi connectivity index (χ1) is 9.11. The number of aliphatic hydroxyl groups is 1. The van der Waals surface area contributed by atoms with Gasteiger partial charge in [0.05, 0.1) is 11.8 Å². The van der Waals surface area contributed by atoms with Gasteiger partial charge in [-0.25, -0.2) is 0 Å². The van der Waals surface area contributed by atoms with E-state index in [9.17, 15) is 14.7 Å². The maximum atomic E-state index is 12.0. The van der Waals surface area contributed by atoms with Crippen molar-refractivity contribution in [3.05, 3.63) is 23.8 Å². The second-order valence-electron chi connectivity index (χ2n) is 4.84. The number of nitrogens with one attached hydrogen (secondary N) is 2. The number of amides is 2. The Hall–Kier alpha value is -2.08. The Kier molecular flexibility index (Phi) is 2.87. The van der Waals surface area contributed by atoms with Crippen LogP contribution in [0.4, 0.5) is 5.69 Å². The van der Waals surface area contributed by atoms with Crippen LogP contribution in [0.3, 0.4) is 0 Å². The number of anilines is 1. The van der Waals surface area contributed by atoms with E-state index in [2.05, 4.69) is 10.6 Å². The molecule has 0 radical (unpaired) electrons. The molecule has 0 unspecified atom stereocenters. The average Bonchev–Trinajstić information content (AvgIpc) is 2.36. The van der Waals surface area contributed by atoms with Crippen LogP contribution in [-0.2, 0) is 4.79 Å². The molecule has 1 fully saturated rings. The summed E-state index contributed by atoms with van der Waals surface area (Å²) in [5.41, 5.74) is 0.975. The van der Waals surface area contributed by atoms with Crippen molar-refractivity contribution in [2.24, 2.45) is 0 Å². The van der Waals surface area contributed by atoms with Gasteiger partial charge in [0.2, 0.25) is 0 Å². The van der Waals surface area contributed by atoms with Crippen molar-refractivity contribution in [2.45, 2.75) is 25.0 Å². The van der Waals surface area contributed by atoms with E-state index in [0.29, 0.717) is 29.8 Å². The summed E-state index contributed by atoms with van der Waals surface area (Å²) in [6.45, 7) is -0.00148. The Morgan fingerprint density at radius 2 is 2.21 bits per heavy atom. The molecule has 0 bridgehead atoms. The largest absolute Gasteiger partial charge is 0.482 e. The van der Waals surface area contributed by atoms with E-state index in [1.54, 1.807) is 18.2 Å². The molecule has 6 heteroatoms. The number of fused-ring (bicyclic) bond motifs is 1. The van der Waals surface area contributed by atoms with Crippen LogP contribution in [0.2, 0.25) is 0 Å². The minimum atomic E-state index is -0.304. The third kappa shape index (κ3) is 2.39. The second kappa shape index (κ2) is 4.55. The summed E-state index contributed by atoms with van der Waals surface area (Å²) in [6.07, 6.45) is 0.883. The molecule has 1 aliphatic heterocycles. The van der Waals surface area contributed by atoms with E-state index in [0.717, 1.165) is 0 Å². The van der Waals surface area contributed by atoms with Crippen molar-refractivity contribution in [2.75, 3.05) is 11.9 Å². The maximum Gasteiger partial charge on any atom is 0.262 e. The van der Waals surface area contributed by atoms with E-state index in [-0.39, 0.29) is 30.6 Å². The molecule has 2 amide bonds. The Bertz CT molecular complexity index is 537. The number of ether oxygens (including phenoxy) is 1. The van der Waals surface area contributed by atoms with Crippen molar-refractivity contribution in [1.29, 1.82) is 0 Å². The van der Waals surface area contributed by atoms with E-state index in [1.807, 2.05) is 0 Å². The molecule has 0 saturated heterocycles. The molecule has 0 atom stereocenters. The first-order valence-electron chi connectivity index (χ1n) is 6.17. The zero-order valence-electron chi connectivity index (χ0n) is 10.2. The predicted molar refractivity (Wildman–Crippen MR) is 67.1 cm³/mol. The van der Waals surface area contributed by atoms with Gasteiger partial charge in [-0.1, -0.05) is 0 Å². The van der Waals surface area contributed by atoms with Crippen LogP contribution in [-0.4, -0.2) is 35.7 Å². The summed E-state index contributed by atoms with van der Waals surface area (Å²) in [6, 6.07) is 4.95. The summed E-state index contributed by atoms with van der Waals surface area (Å²) >= 11 is 0. The molecular formula is C13H14N2O4. The van der Waals surface area contributed by atoms with Crippen molar-refractivity contribution >= 4 is 17.5 Å². The monoisotopic (exact) mass is 262 g/mol. The lowest BCUT2D eigenvalue weighted by atomic mass is 9.89. The zero-order chi connectivity index (χ0) is 13.4. The van der Waals surface area contributed by atoms with Crippen LogP contribution in [0.15, 0.2) is 18.2 Å². The number of benzene rings is 1. The second-order valence-corrected chi connectivity index (χ2v) is 4.84. The molecule has 100 valence electrons. The quantitative estimate of drug-likeness (QED) is 0.714. The number of carbonyl (C=O) groups is 2. The van der Waals surface area contributed by atoms with Crippen LogP contribution in [0.25, 0.3) is 0 Å². The fourth-order valence-electron chi connectivity index (χ4n) is 2.20. The van der Waals surface area contributed by atoms with E-state index in [1.165, 1.54) is 0 Å². The zero-order valence-corrected chi connectivity index (χ0v) is 10.2.